The molecule has 0 aromatic heterocycles. The summed E-state index contributed by atoms with van der Waals surface area (Å²) in [5.74, 6) is 0. The lowest BCUT2D eigenvalue weighted by Gasteiger charge is -2.22. The quantitative estimate of drug-likeness (QED) is 0.766. The Morgan fingerprint density at radius 3 is 2.46 bits per heavy atom. The number of hydrogen-bond acceptors (Lipinski definition) is 3. The van der Waals surface area contributed by atoms with Crippen LogP contribution in [0.25, 0.3) is 6.08 Å². The molecular weight excluding hydrogens is 296 g/mol. The summed E-state index contributed by atoms with van der Waals surface area (Å²) in [6, 6.07) is 19.6. The van der Waals surface area contributed by atoms with Crippen LogP contribution >= 0.6 is 0 Å². The standard InChI is InChI=1S/C21H22N2O/c22-15-18-10-8-17(9-11-18)5-4-14-23-16-21(12-13-21)20(24)19-6-2-1-3-7-19/h1-11,20,23-24H,12-14,16H2/b5-4+. The van der Waals surface area contributed by atoms with Crippen molar-refractivity contribution >= 4 is 6.08 Å². The van der Waals surface area contributed by atoms with Crippen LogP contribution in [0.15, 0.2) is 60.7 Å². The van der Waals surface area contributed by atoms with Crippen LogP contribution in [0.4, 0.5) is 0 Å². The van der Waals surface area contributed by atoms with Crippen LogP contribution < -0.4 is 5.32 Å². The number of aliphatic hydroxyl groups is 1. The van der Waals surface area contributed by atoms with Crippen molar-refractivity contribution in [1.82, 2.24) is 5.32 Å². The van der Waals surface area contributed by atoms with E-state index in [1.807, 2.05) is 60.7 Å². The molecule has 1 aliphatic rings. The SMILES string of the molecule is N#Cc1ccc(/C=C/CNCC2(C(O)c3ccccc3)CC2)cc1. The second kappa shape index (κ2) is 7.44. The summed E-state index contributed by atoms with van der Waals surface area (Å²) in [5.41, 5.74) is 2.76. The van der Waals surface area contributed by atoms with Gasteiger partial charge in [0.2, 0.25) is 0 Å². The molecule has 0 saturated heterocycles. The molecule has 24 heavy (non-hydrogen) atoms. The Bertz CT molecular complexity index is 725. The lowest BCUT2D eigenvalue weighted by Crippen LogP contribution is -2.28. The first kappa shape index (κ1) is 16.4. The first-order chi connectivity index (χ1) is 11.7. The molecular formula is C21H22N2O. The van der Waals surface area contributed by atoms with Gasteiger partial charge in [-0.3, -0.25) is 0 Å². The minimum Gasteiger partial charge on any atom is -0.388 e. The molecule has 3 nitrogen and oxygen atoms in total. The van der Waals surface area contributed by atoms with Gasteiger partial charge in [0.25, 0.3) is 0 Å². The molecule has 0 radical (unpaired) electrons. The summed E-state index contributed by atoms with van der Waals surface area (Å²) in [5, 5.41) is 22.8. The predicted molar refractivity (Wildman–Crippen MR) is 96.1 cm³/mol. The molecule has 0 aliphatic heterocycles. The van der Waals surface area contributed by atoms with E-state index in [1.165, 1.54) is 0 Å². The third-order valence-electron chi connectivity index (χ3n) is 4.68. The minimum atomic E-state index is -0.395. The first-order valence-electron chi connectivity index (χ1n) is 8.34. The van der Waals surface area contributed by atoms with Gasteiger partial charge in [0.05, 0.1) is 17.7 Å². The average molecular weight is 318 g/mol. The van der Waals surface area contributed by atoms with E-state index in [0.717, 1.165) is 37.1 Å². The summed E-state index contributed by atoms with van der Waals surface area (Å²) in [4.78, 5) is 0. The van der Waals surface area contributed by atoms with E-state index in [9.17, 15) is 5.11 Å². The second-order valence-electron chi connectivity index (χ2n) is 6.44. The molecule has 0 amide bonds. The van der Waals surface area contributed by atoms with Crippen molar-refractivity contribution in [3.63, 3.8) is 0 Å². The lowest BCUT2D eigenvalue weighted by molar-refractivity contribution is 0.0926. The number of benzene rings is 2. The van der Waals surface area contributed by atoms with Crippen LogP contribution in [-0.2, 0) is 0 Å². The predicted octanol–water partition coefficient (Wildman–Crippen LogP) is 3.67. The molecule has 0 bridgehead atoms. The molecule has 3 heteroatoms. The zero-order chi connectivity index (χ0) is 16.8. The maximum Gasteiger partial charge on any atom is 0.0991 e. The average Bonchev–Trinajstić information content (AvgIpc) is 3.43. The summed E-state index contributed by atoms with van der Waals surface area (Å²) in [6.45, 7) is 1.59. The summed E-state index contributed by atoms with van der Waals surface area (Å²) in [7, 11) is 0. The van der Waals surface area contributed by atoms with Gasteiger partial charge in [0, 0.05) is 18.5 Å². The van der Waals surface area contributed by atoms with E-state index < -0.39 is 6.10 Å². The molecule has 1 fully saturated rings. The van der Waals surface area contributed by atoms with Gasteiger partial charge >= 0.3 is 0 Å². The van der Waals surface area contributed by atoms with Crippen LogP contribution in [0.5, 0.6) is 0 Å². The van der Waals surface area contributed by atoms with Crippen LogP contribution in [-0.4, -0.2) is 18.2 Å². The maximum absolute atomic E-state index is 10.6. The van der Waals surface area contributed by atoms with Gasteiger partial charge in [-0.15, -0.1) is 0 Å². The van der Waals surface area contributed by atoms with Crippen molar-refractivity contribution < 1.29 is 5.11 Å². The molecule has 0 heterocycles. The van der Waals surface area contributed by atoms with Gasteiger partial charge in [-0.25, -0.2) is 0 Å². The highest BCUT2D eigenvalue weighted by Gasteiger charge is 2.48. The highest BCUT2D eigenvalue weighted by Crippen LogP contribution is 2.54. The fourth-order valence-corrected chi connectivity index (χ4v) is 2.96. The van der Waals surface area contributed by atoms with Gasteiger partial charge in [-0.1, -0.05) is 54.6 Å². The van der Waals surface area contributed by atoms with Crippen LogP contribution in [0.1, 0.15) is 35.6 Å². The van der Waals surface area contributed by atoms with E-state index in [0.29, 0.717) is 5.56 Å². The first-order valence-corrected chi connectivity index (χ1v) is 8.34. The summed E-state index contributed by atoms with van der Waals surface area (Å²) < 4.78 is 0. The van der Waals surface area contributed by atoms with Gasteiger partial charge < -0.3 is 10.4 Å². The highest BCUT2D eigenvalue weighted by atomic mass is 16.3. The Labute approximate surface area is 143 Å². The zero-order valence-corrected chi connectivity index (χ0v) is 13.7. The number of nitriles is 1. The molecule has 0 spiro atoms. The number of nitrogens with zero attached hydrogens (tertiary/aromatic N) is 1. The minimum absolute atomic E-state index is 0.0103. The number of hydrogen-bond donors (Lipinski definition) is 2. The van der Waals surface area contributed by atoms with Crippen molar-refractivity contribution in [3.8, 4) is 6.07 Å². The molecule has 2 N–H and O–H groups in total. The van der Waals surface area contributed by atoms with Gasteiger partial charge in [0.15, 0.2) is 0 Å². The van der Waals surface area contributed by atoms with Crippen molar-refractivity contribution in [2.24, 2.45) is 5.41 Å². The molecule has 2 aromatic rings. The molecule has 122 valence electrons. The zero-order valence-electron chi connectivity index (χ0n) is 13.7. The normalized spacial score (nSPS) is 16.7. The van der Waals surface area contributed by atoms with Crippen molar-refractivity contribution in [2.45, 2.75) is 18.9 Å². The van der Waals surface area contributed by atoms with Gasteiger partial charge in [-0.2, -0.15) is 5.26 Å². The van der Waals surface area contributed by atoms with Crippen molar-refractivity contribution in [1.29, 1.82) is 5.26 Å². The Morgan fingerprint density at radius 1 is 1.12 bits per heavy atom. The molecule has 1 atom stereocenters. The summed E-state index contributed by atoms with van der Waals surface area (Å²) in [6.07, 6.45) is 5.85. The van der Waals surface area contributed by atoms with Crippen LogP contribution in [0.3, 0.4) is 0 Å². The highest BCUT2D eigenvalue weighted by molar-refractivity contribution is 5.51. The Hall–Kier alpha value is -2.41. The number of aliphatic hydroxyl groups excluding tert-OH is 1. The number of nitrogens with one attached hydrogen (secondary N) is 1. The van der Waals surface area contributed by atoms with Crippen LogP contribution in [0.2, 0.25) is 0 Å². The second-order valence-corrected chi connectivity index (χ2v) is 6.44. The molecule has 1 unspecified atom stereocenters. The molecule has 1 saturated carbocycles. The number of rotatable bonds is 7. The molecule has 3 rings (SSSR count). The van der Waals surface area contributed by atoms with E-state index in [1.54, 1.807) is 0 Å². The van der Waals surface area contributed by atoms with E-state index in [2.05, 4.69) is 17.5 Å². The topological polar surface area (TPSA) is 56.0 Å². The Morgan fingerprint density at radius 2 is 1.83 bits per heavy atom. The monoisotopic (exact) mass is 318 g/mol. The van der Waals surface area contributed by atoms with E-state index >= 15 is 0 Å². The fraction of sp³-hybridized carbons (Fsp3) is 0.286. The fourth-order valence-electron chi connectivity index (χ4n) is 2.96. The van der Waals surface area contributed by atoms with Gasteiger partial charge in [-0.05, 0) is 36.1 Å². The van der Waals surface area contributed by atoms with Crippen molar-refractivity contribution in [2.75, 3.05) is 13.1 Å². The third kappa shape index (κ3) is 3.91. The Balaban J connectivity index is 1.47. The molecule has 2 aromatic carbocycles. The smallest absolute Gasteiger partial charge is 0.0991 e. The largest absolute Gasteiger partial charge is 0.388 e. The third-order valence-corrected chi connectivity index (χ3v) is 4.68. The maximum atomic E-state index is 10.6. The summed E-state index contributed by atoms with van der Waals surface area (Å²) >= 11 is 0. The van der Waals surface area contributed by atoms with E-state index in [-0.39, 0.29) is 5.41 Å². The van der Waals surface area contributed by atoms with Gasteiger partial charge in [0.1, 0.15) is 0 Å². The van der Waals surface area contributed by atoms with Crippen LogP contribution in [0, 0.1) is 16.7 Å². The lowest BCUT2D eigenvalue weighted by atomic mass is 9.93. The van der Waals surface area contributed by atoms with Crippen molar-refractivity contribution in [3.05, 3.63) is 77.4 Å². The Kier molecular flexibility index (Phi) is 5.10. The molecule has 1 aliphatic carbocycles. The van der Waals surface area contributed by atoms with E-state index in [4.69, 9.17) is 5.26 Å².